The summed E-state index contributed by atoms with van der Waals surface area (Å²) in [6.45, 7) is 4.92. The van der Waals surface area contributed by atoms with Gasteiger partial charge in [0.05, 0.1) is 6.04 Å². The van der Waals surface area contributed by atoms with Crippen LogP contribution >= 0.6 is 11.6 Å². The van der Waals surface area contributed by atoms with Crippen LogP contribution in [-0.2, 0) is 0 Å². The monoisotopic (exact) mass is 291 g/mol. The van der Waals surface area contributed by atoms with Gasteiger partial charge in [0.1, 0.15) is 0 Å². The van der Waals surface area contributed by atoms with Gasteiger partial charge in [-0.3, -0.25) is 0 Å². The number of benzene rings is 1. The summed E-state index contributed by atoms with van der Waals surface area (Å²) < 4.78 is 0. The predicted molar refractivity (Wildman–Crippen MR) is 82.1 cm³/mol. The van der Waals surface area contributed by atoms with Gasteiger partial charge in [0.15, 0.2) is 0 Å². The Bertz CT molecular complexity index is 547. The third-order valence-corrected chi connectivity index (χ3v) is 2.96. The molecule has 0 unspecified atom stereocenters. The molecular formula is C14H18ClN5. The fraction of sp³-hybridized carbons (Fsp3) is 0.357. The highest BCUT2D eigenvalue weighted by molar-refractivity contribution is 6.28. The zero-order valence-electron chi connectivity index (χ0n) is 11.6. The van der Waals surface area contributed by atoms with Crippen LogP contribution in [0.3, 0.4) is 0 Å². The Kier molecular flexibility index (Phi) is 5.12. The van der Waals surface area contributed by atoms with Crippen molar-refractivity contribution in [3.63, 3.8) is 0 Å². The van der Waals surface area contributed by atoms with Gasteiger partial charge in [-0.15, -0.1) is 0 Å². The van der Waals surface area contributed by atoms with Crippen LogP contribution in [0.5, 0.6) is 0 Å². The van der Waals surface area contributed by atoms with Gasteiger partial charge in [-0.05, 0) is 30.5 Å². The molecule has 0 bridgehead atoms. The molecule has 1 atom stereocenters. The van der Waals surface area contributed by atoms with Crippen LogP contribution < -0.4 is 10.6 Å². The summed E-state index contributed by atoms with van der Waals surface area (Å²) in [5.74, 6) is 0.967. The minimum atomic E-state index is 0.0914. The molecule has 0 fully saturated rings. The molecule has 2 rings (SSSR count). The molecule has 0 saturated heterocycles. The summed E-state index contributed by atoms with van der Waals surface area (Å²) in [5.41, 5.74) is 1.16. The summed E-state index contributed by atoms with van der Waals surface area (Å²) in [6, 6.07) is 10.2. The Morgan fingerprint density at radius 3 is 2.50 bits per heavy atom. The van der Waals surface area contributed by atoms with E-state index < -0.39 is 0 Å². The first-order valence-electron chi connectivity index (χ1n) is 6.66. The van der Waals surface area contributed by atoms with Gasteiger partial charge in [0.2, 0.25) is 17.2 Å². The third-order valence-electron chi connectivity index (χ3n) is 2.79. The van der Waals surface area contributed by atoms with Crippen molar-refractivity contribution in [3.8, 4) is 0 Å². The largest absolute Gasteiger partial charge is 0.354 e. The molecule has 6 heteroatoms. The lowest BCUT2D eigenvalue weighted by Crippen LogP contribution is -2.12. The molecule has 0 amide bonds. The van der Waals surface area contributed by atoms with Crippen molar-refractivity contribution in [1.82, 2.24) is 15.0 Å². The number of hydrogen-bond donors (Lipinski definition) is 2. The fourth-order valence-electron chi connectivity index (χ4n) is 1.75. The zero-order chi connectivity index (χ0) is 14.4. The quantitative estimate of drug-likeness (QED) is 0.852. The Balaban J connectivity index is 2.10. The number of nitrogens with one attached hydrogen (secondary N) is 2. The highest BCUT2D eigenvalue weighted by atomic mass is 35.5. The number of rotatable bonds is 6. The molecule has 2 aromatic rings. The minimum Gasteiger partial charge on any atom is -0.354 e. The molecule has 0 spiro atoms. The lowest BCUT2D eigenvalue weighted by molar-refractivity contribution is 0.850. The molecule has 2 N–H and O–H groups in total. The maximum atomic E-state index is 5.92. The van der Waals surface area contributed by atoms with E-state index in [4.69, 9.17) is 11.6 Å². The number of halogens is 1. The van der Waals surface area contributed by atoms with E-state index >= 15 is 0 Å². The van der Waals surface area contributed by atoms with Crippen LogP contribution in [0.1, 0.15) is 31.9 Å². The molecular weight excluding hydrogens is 274 g/mol. The normalized spacial score (nSPS) is 11.9. The summed E-state index contributed by atoms with van der Waals surface area (Å²) in [6.07, 6.45) is 0.993. The van der Waals surface area contributed by atoms with Gasteiger partial charge in [-0.25, -0.2) is 0 Å². The van der Waals surface area contributed by atoms with Crippen molar-refractivity contribution in [1.29, 1.82) is 0 Å². The minimum absolute atomic E-state index is 0.0914. The first kappa shape index (κ1) is 14.5. The molecule has 0 aliphatic heterocycles. The lowest BCUT2D eigenvalue weighted by atomic mass is 10.1. The van der Waals surface area contributed by atoms with Crippen LogP contribution in [0.25, 0.3) is 0 Å². The van der Waals surface area contributed by atoms with Gasteiger partial charge in [0, 0.05) is 6.54 Å². The SMILES string of the molecule is CCCNc1nc(Cl)nc(N[C@H](C)c2ccccc2)n1. The Labute approximate surface area is 123 Å². The van der Waals surface area contributed by atoms with Crippen LogP contribution in [0.4, 0.5) is 11.9 Å². The Morgan fingerprint density at radius 1 is 1.10 bits per heavy atom. The average molecular weight is 292 g/mol. The second kappa shape index (κ2) is 7.05. The second-order valence-corrected chi connectivity index (χ2v) is 4.79. The first-order valence-corrected chi connectivity index (χ1v) is 7.03. The van der Waals surface area contributed by atoms with Gasteiger partial charge < -0.3 is 10.6 Å². The van der Waals surface area contributed by atoms with Crippen molar-refractivity contribution in [2.24, 2.45) is 0 Å². The maximum Gasteiger partial charge on any atom is 0.229 e. The van der Waals surface area contributed by atoms with E-state index in [1.165, 1.54) is 0 Å². The van der Waals surface area contributed by atoms with E-state index in [1.54, 1.807) is 0 Å². The zero-order valence-corrected chi connectivity index (χ0v) is 12.4. The van der Waals surface area contributed by atoms with E-state index in [1.807, 2.05) is 25.1 Å². The maximum absolute atomic E-state index is 5.92. The van der Waals surface area contributed by atoms with Crippen molar-refractivity contribution in [2.45, 2.75) is 26.3 Å². The second-order valence-electron chi connectivity index (χ2n) is 4.46. The van der Waals surface area contributed by atoms with E-state index in [0.717, 1.165) is 18.5 Å². The van der Waals surface area contributed by atoms with Crippen LogP contribution in [0.15, 0.2) is 30.3 Å². The highest BCUT2D eigenvalue weighted by Gasteiger charge is 2.09. The lowest BCUT2D eigenvalue weighted by Gasteiger charge is -2.14. The molecule has 106 valence electrons. The van der Waals surface area contributed by atoms with E-state index in [2.05, 4.69) is 44.6 Å². The smallest absolute Gasteiger partial charge is 0.229 e. The summed E-state index contributed by atoms with van der Waals surface area (Å²) >= 11 is 5.92. The molecule has 1 heterocycles. The van der Waals surface area contributed by atoms with E-state index in [-0.39, 0.29) is 11.3 Å². The van der Waals surface area contributed by atoms with Gasteiger partial charge in [-0.1, -0.05) is 37.3 Å². The van der Waals surface area contributed by atoms with E-state index in [0.29, 0.717) is 11.9 Å². The first-order chi connectivity index (χ1) is 9.69. The number of nitrogens with zero attached hydrogens (tertiary/aromatic N) is 3. The van der Waals surface area contributed by atoms with Crippen molar-refractivity contribution in [3.05, 3.63) is 41.2 Å². The predicted octanol–water partition coefficient (Wildman–Crippen LogP) is 3.52. The standard InChI is InChI=1S/C14H18ClN5/c1-3-9-16-13-18-12(15)19-14(20-13)17-10(2)11-7-5-4-6-8-11/h4-8,10H,3,9H2,1-2H3,(H2,16,17,18,19,20)/t10-/m1/s1. The van der Waals surface area contributed by atoms with Crippen LogP contribution in [0, 0.1) is 0 Å². The Hall–Kier alpha value is -1.88. The average Bonchev–Trinajstić information content (AvgIpc) is 2.45. The summed E-state index contributed by atoms with van der Waals surface area (Å²) in [7, 11) is 0. The molecule has 0 aliphatic rings. The molecule has 0 saturated carbocycles. The number of aromatic nitrogens is 3. The molecule has 1 aromatic heterocycles. The van der Waals surface area contributed by atoms with Gasteiger partial charge in [0.25, 0.3) is 0 Å². The topological polar surface area (TPSA) is 62.7 Å². The van der Waals surface area contributed by atoms with Crippen LogP contribution in [0.2, 0.25) is 5.28 Å². The number of hydrogen-bond acceptors (Lipinski definition) is 5. The molecule has 0 aliphatic carbocycles. The van der Waals surface area contributed by atoms with Gasteiger partial charge in [-0.2, -0.15) is 15.0 Å². The van der Waals surface area contributed by atoms with Crippen molar-refractivity contribution < 1.29 is 0 Å². The van der Waals surface area contributed by atoms with Crippen LogP contribution in [-0.4, -0.2) is 21.5 Å². The molecule has 0 radical (unpaired) electrons. The summed E-state index contributed by atoms with van der Waals surface area (Å²) in [5, 5.41) is 6.51. The highest BCUT2D eigenvalue weighted by Crippen LogP contribution is 2.18. The molecule has 5 nitrogen and oxygen atoms in total. The van der Waals surface area contributed by atoms with E-state index in [9.17, 15) is 0 Å². The van der Waals surface area contributed by atoms with Crippen molar-refractivity contribution >= 4 is 23.5 Å². The van der Waals surface area contributed by atoms with Gasteiger partial charge >= 0.3 is 0 Å². The molecule has 1 aromatic carbocycles. The van der Waals surface area contributed by atoms with Crippen molar-refractivity contribution in [2.75, 3.05) is 17.2 Å². The third kappa shape index (κ3) is 4.06. The fourth-order valence-corrected chi connectivity index (χ4v) is 1.91. The Morgan fingerprint density at radius 2 is 1.80 bits per heavy atom. The number of anilines is 2. The molecule has 20 heavy (non-hydrogen) atoms. The summed E-state index contributed by atoms with van der Waals surface area (Å²) in [4.78, 5) is 12.5.